The quantitative estimate of drug-likeness (QED) is 0.841. The molecule has 25 heavy (non-hydrogen) atoms. The molecule has 1 atom stereocenters. The number of amides is 1. The Morgan fingerprint density at radius 3 is 2.44 bits per heavy atom. The third kappa shape index (κ3) is 5.05. The zero-order valence-electron chi connectivity index (χ0n) is 15.7. The van der Waals surface area contributed by atoms with Gasteiger partial charge in [-0.1, -0.05) is 51.5 Å². The SMILES string of the molecule is CCc1ccc(C(C)(C)CNC(=O)C2CCCCN2S(C)(=O)=O)cc1. The van der Waals surface area contributed by atoms with Crippen LogP contribution in [0.5, 0.6) is 0 Å². The third-order valence-electron chi connectivity index (χ3n) is 5.03. The average Bonchev–Trinajstić information content (AvgIpc) is 2.59. The lowest BCUT2D eigenvalue weighted by molar-refractivity contribution is -0.125. The van der Waals surface area contributed by atoms with Crippen molar-refractivity contribution in [3.8, 4) is 0 Å². The lowest BCUT2D eigenvalue weighted by Gasteiger charge is -2.34. The highest BCUT2D eigenvalue weighted by molar-refractivity contribution is 7.88. The van der Waals surface area contributed by atoms with Crippen molar-refractivity contribution in [1.82, 2.24) is 9.62 Å². The fraction of sp³-hybridized carbons (Fsp3) is 0.632. The van der Waals surface area contributed by atoms with Crippen LogP contribution < -0.4 is 5.32 Å². The van der Waals surface area contributed by atoms with Crippen LogP contribution in [0.4, 0.5) is 0 Å². The molecule has 0 aromatic heterocycles. The Balaban J connectivity index is 2.04. The Labute approximate surface area is 151 Å². The van der Waals surface area contributed by atoms with Crippen LogP contribution in [0.3, 0.4) is 0 Å². The second-order valence-corrected chi connectivity index (χ2v) is 9.47. The number of carbonyl (C=O) groups is 1. The molecule has 1 aliphatic rings. The van der Waals surface area contributed by atoms with Gasteiger partial charge in [0.15, 0.2) is 0 Å². The van der Waals surface area contributed by atoms with E-state index in [0.717, 1.165) is 24.8 Å². The van der Waals surface area contributed by atoms with Gasteiger partial charge in [-0.2, -0.15) is 4.31 Å². The van der Waals surface area contributed by atoms with Gasteiger partial charge in [0.25, 0.3) is 0 Å². The molecule has 1 N–H and O–H groups in total. The minimum Gasteiger partial charge on any atom is -0.354 e. The summed E-state index contributed by atoms with van der Waals surface area (Å²) in [7, 11) is -3.36. The zero-order valence-corrected chi connectivity index (χ0v) is 16.5. The number of nitrogens with one attached hydrogen (secondary N) is 1. The third-order valence-corrected chi connectivity index (χ3v) is 6.32. The number of hydrogen-bond acceptors (Lipinski definition) is 3. The second-order valence-electron chi connectivity index (χ2n) is 7.54. The van der Waals surface area contributed by atoms with Crippen molar-refractivity contribution >= 4 is 15.9 Å². The summed E-state index contributed by atoms with van der Waals surface area (Å²) in [6.45, 7) is 7.20. The first-order valence-electron chi connectivity index (χ1n) is 8.99. The van der Waals surface area contributed by atoms with E-state index < -0.39 is 16.1 Å². The van der Waals surface area contributed by atoms with Crippen LogP contribution in [0.2, 0.25) is 0 Å². The topological polar surface area (TPSA) is 66.5 Å². The van der Waals surface area contributed by atoms with Crippen LogP contribution in [0.1, 0.15) is 51.2 Å². The lowest BCUT2D eigenvalue weighted by atomic mass is 9.84. The van der Waals surface area contributed by atoms with Gasteiger partial charge in [0, 0.05) is 18.5 Å². The van der Waals surface area contributed by atoms with E-state index in [1.165, 1.54) is 16.1 Å². The zero-order chi connectivity index (χ0) is 18.7. The van der Waals surface area contributed by atoms with Crippen molar-refractivity contribution in [2.45, 2.75) is 57.9 Å². The Bertz CT molecular complexity index is 696. The van der Waals surface area contributed by atoms with E-state index in [0.29, 0.717) is 19.5 Å². The summed E-state index contributed by atoms with van der Waals surface area (Å²) in [5, 5.41) is 2.98. The molecule has 1 aromatic rings. The molecule has 1 unspecified atom stereocenters. The molecule has 1 heterocycles. The largest absolute Gasteiger partial charge is 0.354 e. The van der Waals surface area contributed by atoms with Crippen LogP contribution in [0.15, 0.2) is 24.3 Å². The monoisotopic (exact) mass is 366 g/mol. The highest BCUT2D eigenvalue weighted by Gasteiger charge is 2.35. The van der Waals surface area contributed by atoms with Crippen LogP contribution in [0.25, 0.3) is 0 Å². The summed E-state index contributed by atoms with van der Waals surface area (Å²) in [6.07, 6.45) is 4.46. The number of benzene rings is 1. The molecule has 2 rings (SSSR count). The second kappa shape index (κ2) is 7.87. The van der Waals surface area contributed by atoms with E-state index in [1.807, 2.05) is 0 Å². The van der Waals surface area contributed by atoms with Gasteiger partial charge in [-0.05, 0) is 30.4 Å². The fourth-order valence-electron chi connectivity index (χ4n) is 3.28. The van der Waals surface area contributed by atoms with Gasteiger partial charge in [-0.15, -0.1) is 0 Å². The molecule has 0 spiro atoms. The molecular formula is C19H30N2O3S. The fourth-order valence-corrected chi connectivity index (χ4v) is 4.41. The molecule has 0 radical (unpaired) electrons. The van der Waals surface area contributed by atoms with Crippen molar-refractivity contribution < 1.29 is 13.2 Å². The Morgan fingerprint density at radius 2 is 1.88 bits per heavy atom. The Kier molecular flexibility index (Phi) is 6.27. The summed E-state index contributed by atoms with van der Waals surface area (Å²) in [6, 6.07) is 7.86. The summed E-state index contributed by atoms with van der Waals surface area (Å²) in [4.78, 5) is 12.6. The van der Waals surface area contributed by atoms with E-state index >= 15 is 0 Å². The van der Waals surface area contributed by atoms with Crippen LogP contribution in [-0.2, 0) is 26.7 Å². The molecule has 1 saturated heterocycles. The molecule has 1 aliphatic heterocycles. The minimum atomic E-state index is -3.36. The van der Waals surface area contributed by atoms with Crippen LogP contribution in [0, 0.1) is 0 Å². The van der Waals surface area contributed by atoms with E-state index in [4.69, 9.17) is 0 Å². The van der Waals surface area contributed by atoms with Gasteiger partial charge < -0.3 is 5.32 Å². The predicted molar refractivity (Wildman–Crippen MR) is 101 cm³/mol. The van der Waals surface area contributed by atoms with E-state index in [9.17, 15) is 13.2 Å². The molecular weight excluding hydrogens is 336 g/mol. The number of nitrogens with zero attached hydrogens (tertiary/aromatic N) is 1. The predicted octanol–water partition coefficient (Wildman–Crippen LogP) is 2.46. The summed E-state index contributed by atoms with van der Waals surface area (Å²) < 4.78 is 25.2. The molecule has 0 bridgehead atoms. The summed E-state index contributed by atoms with van der Waals surface area (Å²) in [5.74, 6) is -0.191. The van der Waals surface area contributed by atoms with Gasteiger partial charge in [0.1, 0.15) is 6.04 Å². The standard InChI is InChI=1S/C19H30N2O3S/c1-5-15-9-11-16(12-10-15)19(2,3)14-20-18(22)17-8-6-7-13-21(17)25(4,23)24/h9-12,17H,5-8,13-14H2,1-4H3,(H,20,22). The van der Waals surface area contributed by atoms with Crippen LogP contribution in [-0.4, -0.2) is 44.0 Å². The Morgan fingerprint density at radius 1 is 1.24 bits per heavy atom. The first kappa shape index (κ1) is 19.9. The molecule has 1 amide bonds. The smallest absolute Gasteiger partial charge is 0.238 e. The molecule has 0 saturated carbocycles. The van der Waals surface area contributed by atoms with E-state index in [1.54, 1.807) is 0 Å². The number of sulfonamides is 1. The van der Waals surface area contributed by atoms with Crippen molar-refractivity contribution in [2.75, 3.05) is 19.3 Å². The number of piperidine rings is 1. The molecule has 0 aliphatic carbocycles. The van der Waals surface area contributed by atoms with Gasteiger partial charge in [0.05, 0.1) is 6.26 Å². The summed E-state index contributed by atoms with van der Waals surface area (Å²) >= 11 is 0. The van der Waals surface area contributed by atoms with Crippen molar-refractivity contribution in [2.24, 2.45) is 0 Å². The van der Waals surface area contributed by atoms with E-state index in [-0.39, 0.29) is 11.3 Å². The first-order chi connectivity index (χ1) is 11.6. The van der Waals surface area contributed by atoms with E-state index in [2.05, 4.69) is 50.4 Å². The first-order valence-corrected chi connectivity index (χ1v) is 10.8. The molecule has 1 aromatic carbocycles. The van der Waals surface area contributed by atoms with Crippen LogP contribution >= 0.6 is 0 Å². The number of aryl methyl sites for hydroxylation is 1. The number of rotatable bonds is 6. The minimum absolute atomic E-state index is 0.191. The highest BCUT2D eigenvalue weighted by Crippen LogP contribution is 2.24. The van der Waals surface area contributed by atoms with Gasteiger partial charge in [-0.3, -0.25) is 4.79 Å². The Hall–Kier alpha value is -1.40. The normalized spacial score (nSPS) is 19.6. The molecule has 5 nitrogen and oxygen atoms in total. The molecule has 1 fully saturated rings. The maximum Gasteiger partial charge on any atom is 0.238 e. The lowest BCUT2D eigenvalue weighted by Crippen LogP contribution is -2.53. The molecule has 6 heteroatoms. The average molecular weight is 367 g/mol. The van der Waals surface area contributed by atoms with Crippen molar-refractivity contribution in [3.05, 3.63) is 35.4 Å². The number of carbonyl (C=O) groups excluding carboxylic acids is 1. The maximum absolute atomic E-state index is 12.6. The molecule has 140 valence electrons. The summed E-state index contributed by atoms with van der Waals surface area (Å²) in [5.41, 5.74) is 2.23. The van der Waals surface area contributed by atoms with Crippen molar-refractivity contribution in [3.63, 3.8) is 0 Å². The van der Waals surface area contributed by atoms with Gasteiger partial charge in [-0.25, -0.2) is 8.42 Å². The highest BCUT2D eigenvalue weighted by atomic mass is 32.2. The van der Waals surface area contributed by atoms with Gasteiger partial charge >= 0.3 is 0 Å². The maximum atomic E-state index is 12.6. The van der Waals surface area contributed by atoms with Crippen molar-refractivity contribution in [1.29, 1.82) is 0 Å². The number of hydrogen-bond donors (Lipinski definition) is 1. The van der Waals surface area contributed by atoms with Gasteiger partial charge in [0.2, 0.25) is 15.9 Å².